The highest BCUT2D eigenvalue weighted by Gasteiger charge is 2.33. The third-order valence-corrected chi connectivity index (χ3v) is 5.80. The van der Waals surface area contributed by atoms with Gasteiger partial charge < -0.3 is 5.32 Å². The maximum absolute atomic E-state index is 12.9. The molecule has 0 aromatic heterocycles. The van der Waals surface area contributed by atoms with Gasteiger partial charge in [0.15, 0.2) is 0 Å². The van der Waals surface area contributed by atoms with Crippen LogP contribution in [0.25, 0.3) is 0 Å². The Hall–Kier alpha value is -1.62. The molecule has 1 amide bonds. The highest BCUT2D eigenvalue weighted by Crippen LogP contribution is 2.36. The predicted octanol–water partition coefficient (Wildman–Crippen LogP) is 4.43. The Morgan fingerprint density at radius 3 is 2.30 bits per heavy atom. The van der Waals surface area contributed by atoms with Gasteiger partial charge in [-0.15, -0.1) is 0 Å². The summed E-state index contributed by atoms with van der Waals surface area (Å²) >= 11 is 8.70. The summed E-state index contributed by atoms with van der Waals surface area (Å²) in [5.74, 6) is -0.828. The van der Waals surface area contributed by atoms with Gasteiger partial charge >= 0.3 is 6.18 Å². The molecule has 27 heavy (non-hydrogen) atoms. The smallest absolute Gasteiger partial charge is 0.325 e. The van der Waals surface area contributed by atoms with E-state index in [1.165, 1.54) is 37.3 Å². The monoisotopic (exact) mass is 484 g/mol. The van der Waals surface area contributed by atoms with Crippen molar-refractivity contribution in [2.24, 2.45) is 0 Å². The fraction of sp³-hybridized carbons (Fsp3) is 0.188. The highest BCUT2D eigenvalue weighted by atomic mass is 79.9. The standard InChI is InChI=1S/C16H13BrClF3N2O3S/c1-9(23-27(25,26)12-5-2-10(17)3-6-12)15(24)22-11-4-7-14(18)13(8-11)16(19,20)21/h2-9,23H,1H3,(H,22,24)/t9-/m0/s1. The van der Waals surface area contributed by atoms with Crippen LogP contribution in [-0.4, -0.2) is 20.4 Å². The van der Waals surface area contributed by atoms with E-state index in [9.17, 15) is 26.4 Å². The van der Waals surface area contributed by atoms with Crippen LogP contribution in [0.3, 0.4) is 0 Å². The fourth-order valence-electron chi connectivity index (χ4n) is 2.04. The lowest BCUT2D eigenvalue weighted by atomic mass is 10.2. The molecule has 0 bridgehead atoms. The van der Waals surface area contributed by atoms with Crippen molar-refractivity contribution in [2.75, 3.05) is 5.32 Å². The number of hydrogen-bond donors (Lipinski definition) is 2. The van der Waals surface area contributed by atoms with Crippen molar-refractivity contribution in [3.63, 3.8) is 0 Å². The summed E-state index contributed by atoms with van der Waals surface area (Å²) in [6, 6.07) is 7.34. The first-order valence-corrected chi connectivity index (χ1v) is 10.0. The largest absolute Gasteiger partial charge is 0.417 e. The predicted molar refractivity (Wildman–Crippen MR) is 99.0 cm³/mol. The zero-order chi connectivity index (χ0) is 20.4. The molecule has 0 fully saturated rings. The van der Waals surface area contributed by atoms with Crippen molar-refractivity contribution < 1.29 is 26.4 Å². The molecule has 0 aliphatic rings. The van der Waals surface area contributed by atoms with E-state index in [1.54, 1.807) is 0 Å². The van der Waals surface area contributed by atoms with Gasteiger partial charge in [-0.3, -0.25) is 4.79 Å². The third kappa shape index (κ3) is 5.68. The minimum absolute atomic E-state index is 0.0591. The molecule has 2 rings (SSSR count). The fourth-order valence-corrected chi connectivity index (χ4v) is 3.73. The quantitative estimate of drug-likeness (QED) is 0.658. The summed E-state index contributed by atoms with van der Waals surface area (Å²) in [6.07, 6.45) is -4.69. The Morgan fingerprint density at radius 1 is 1.15 bits per heavy atom. The number of rotatable bonds is 5. The lowest BCUT2D eigenvalue weighted by Crippen LogP contribution is -2.41. The first-order valence-electron chi connectivity index (χ1n) is 7.35. The number of carbonyl (C=O) groups is 1. The average molecular weight is 486 g/mol. The summed E-state index contributed by atoms with van der Waals surface area (Å²) < 4.78 is 66.0. The molecule has 0 unspecified atom stereocenters. The second kappa shape index (κ2) is 8.17. The van der Waals surface area contributed by atoms with Crippen LogP contribution in [0.1, 0.15) is 12.5 Å². The Balaban J connectivity index is 2.13. The molecular weight excluding hydrogens is 473 g/mol. The molecule has 0 heterocycles. The molecule has 0 aliphatic carbocycles. The second-order valence-corrected chi connectivity index (χ2v) is 8.52. The van der Waals surface area contributed by atoms with E-state index in [2.05, 4.69) is 26.0 Å². The van der Waals surface area contributed by atoms with Crippen molar-refractivity contribution in [3.05, 3.63) is 57.5 Å². The maximum Gasteiger partial charge on any atom is 0.417 e. The van der Waals surface area contributed by atoms with Gasteiger partial charge in [0.05, 0.1) is 21.5 Å². The molecule has 2 N–H and O–H groups in total. The molecule has 0 saturated carbocycles. The maximum atomic E-state index is 12.9. The van der Waals surface area contributed by atoms with Gasteiger partial charge in [-0.2, -0.15) is 17.9 Å². The number of sulfonamides is 1. The van der Waals surface area contributed by atoms with E-state index < -0.39 is 38.7 Å². The minimum Gasteiger partial charge on any atom is -0.325 e. The number of benzene rings is 2. The van der Waals surface area contributed by atoms with Gasteiger partial charge in [-0.25, -0.2) is 8.42 Å². The summed E-state index contributed by atoms with van der Waals surface area (Å²) in [7, 11) is -3.98. The normalized spacial score (nSPS) is 13.3. The molecule has 0 spiro atoms. The van der Waals surface area contributed by atoms with E-state index in [0.29, 0.717) is 10.5 Å². The molecule has 2 aromatic carbocycles. The second-order valence-electron chi connectivity index (χ2n) is 5.48. The van der Waals surface area contributed by atoms with Crippen LogP contribution in [0.4, 0.5) is 18.9 Å². The van der Waals surface area contributed by atoms with Crippen molar-refractivity contribution in [2.45, 2.75) is 24.0 Å². The van der Waals surface area contributed by atoms with Crippen LogP contribution < -0.4 is 10.0 Å². The van der Waals surface area contributed by atoms with Gasteiger partial charge in [-0.1, -0.05) is 27.5 Å². The SMILES string of the molecule is C[C@H](NS(=O)(=O)c1ccc(Br)cc1)C(=O)Nc1ccc(Cl)c(C(F)(F)F)c1. The Kier molecular flexibility index (Phi) is 6.56. The Labute approximate surface area is 167 Å². The molecule has 5 nitrogen and oxygen atoms in total. The van der Waals surface area contributed by atoms with Crippen LogP contribution in [0, 0.1) is 0 Å². The number of anilines is 1. The topological polar surface area (TPSA) is 75.3 Å². The van der Waals surface area contributed by atoms with Crippen molar-refractivity contribution >= 4 is 49.1 Å². The number of halogens is 5. The average Bonchev–Trinajstić information content (AvgIpc) is 2.55. The van der Waals surface area contributed by atoms with E-state index in [4.69, 9.17) is 11.6 Å². The van der Waals surface area contributed by atoms with Crippen LogP contribution in [-0.2, 0) is 21.0 Å². The molecular formula is C16H13BrClF3N2O3S. The third-order valence-electron chi connectivity index (χ3n) is 3.39. The summed E-state index contributed by atoms with van der Waals surface area (Å²) in [5.41, 5.74) is -1.27. The van der Waals surface area contributed by atoms with Crippen molar-refractivity contribution in [3.8, 4) is 0 Å². The number of hydrogen-bond acceptors (Lipinski definition) is 3. The molecule has 0 aliphatic heterocycles. The number of nitrogens with one attached hydrogen (secondary N) is 2. The lowest BCUT2D eigenvalue weighted by molar-refractivity contribution is -0.137. The highest BCUT2D eigenvalue weighted by molar-refractivity contribution is 9.10. The van der Waals surface area contributed by atoms with E-state index in [1.807, 2.05) is 0 Å². The van der Waals surface area contributed by atoms with Crippen molar-refractivity contribution in [1.82, 2.24) is 4.72 Å². The zero-order valence-corrected chi connectivity index (χ0v) is 16.8. The summed E-state index contributed by atoms with van der Waals surface area (Å²) in [4.78, 5) is 12.1. The molecule has 1 atom stereocenters. The van der Waals surface area contributed by atoms with Crippen LogP contribution in [0.2, 0.25) is 5.02 Å². The van der Waals surface area contributed by atoms with Gasteiger partial charge in [0, 0.05) is 10.2 Å². The molecule has 0 saturated heterocycles. The van der Waals surface area contributed by atoms with E-state index >= 15 is 0 Å². The Bertz CT molecular complexity index is 950. The zero-order valence-electron chi connectivity index (χ0n) is 13.6. The summed E-state index contributed by atoms with van der Waals surface area (Å²) in [5, 5.41) is 1.72. The van der Waals surface area contributed by atoms with Crippen LogP contribution in [0.15, 0.2) is 51.8 Å². The number of carbonyl (C=O) groups excluding carboxylic acids is 1. The molecule has 2 aromatic rings. The van der Waals surface area contributed by atoms with Gasteiger partial charge in [-0.05, 0) is 49.4 Å². The molecule has 11 heteroatoms. The summed E-state index contributed by atoms with van der Waals surface area (Å²) in [6.45, 7) is 1.27. The van der Waals surface area contributed by atoms with E-state index in [0.717, 1.165) is 6.07 Å². The first kappa shape index (κ1) is 21.7. The van der Waals surface area contributed by atoms with Gasteiger partial charge in [0.25, 0.3) is 0 Å². The van der Waals surface area contributed by atoms with Crippen molar-refractivity contribution in [1.29, 1.82) is 0 Å². The minimum atomic E-state index is -4.69. The molecule has 0 radical (unpaired) electrons. The number of amides is 1. The van der Waals surface area contributed by atoms with E-state index in [-0.39, 0.29) is 10.6 Å². The van der Waals surface area contributed by atoms with Crippen LogP contribution in [0.5, 0.6) is 0 Å². The molecule has 146 valence electrons. The number of alkyl halides is 3. The van der Waals surface area contributed by atoms with Gasteiger partial charge in [0.1, 0.15) is 0 Å². The van der Waals surface area contributed by atoms with Gasteiger partial charge in [0.2, 0.25) is 15.9 Å². The Morgan fingerprint density at radius 2 is 1.74 bits per heavy atom. The first-order chi connectivity index (χ1) is 12.4. The lowest BCUT2D eigenvalue weighted by Gasteiger charge is -2.16. The van der Waals surface area contributed by atoms with Crippen LogP contribution >= 0.6 is 27.5 Å².